The zero-order chi connectivity index (χ0) is 11.8. The average Bonchev–Trinajstić information content (AvgIpc) is 2.29. The van der Waals surface area contributed by atoms with E-state index in [0.717, 1.165) is 24.6 Å². The lowest BCUT2D eigenvalue weighted by molar-refractivity contribution is 0.527. The quantitative estimate of drug-likeness (QED) is 0.745. The maximum absolute atomic E-state index is 8.85. The van der Waals surface area contributed by atoms with E-state index in [9.17, 15) is 0 Å². The first kappa shape index (κ1) is 12.7. The minimum atomic E-state index is 0.527. The van der Waals surface area contributed by atoms with Crippen LogP contribution in [-0.2, 0) is 6.54 Å². The molecule has 0 amide bonds. The average molecular weight is 217 g/mol. The normalized spacial score (nSPS) is 10.4. The van der Waals surface area contributed by atoms with Crippen molar-refractivity contribution < 1.29 is 0 Å². The molecule has 0 aromatic carbocycles. The second kappa shape index (κ2) is 6.97. The zero-order valence-electron chi connectivity index (χ0n) is 10.0. The summed E-state index contributed by atoms with van der Waals surface area (Å²) in [7, 11) is 0. The summed E-state index contributed by atoms with van der Waals surface area (Å²) in [6.45, 7) is 6.19. The van der Waals surface area contributed by atoms with Crippen molar-refractivity contribution in [1.82, 2.24) is 10.3 Å². The minimum Gasteiger partial charge on any atom is -0.313 e. The molecule has 16 heavy (non-hydrogen) atoms. The highest BCUT2D eigenvalue weighted by molar-refractivity contribution is 5.30. The van der Waals surface area contributed by atoms with Crippen LogP contribution in [0, 0.1) is 17.2 Å². The molecule has 0 aliphatic heterocycles. The van der Waals surface area contributed by atoms with Crippen LogP contribution in [0.1, 0.15) is 37.9 Å². The molecule has 0 spiro atoms. The predicted octanol–water partition coefficient (Wildman–Crippen LogP) is 2.48. The molecule has 0 aliphatic rings. The van der Waals surface area contributed by atoms with Gasteiger partial charge in [0.15, 0.2) is 0 Å². The lowest BCUT2D eigenvalue weighted by Gasteiger charge is -2.07. The van der Waals surface area contributed by atoms with E-state index in [0.29, 0.717) is 5.69 Å². The van der Waals surface area contributed by atoms with Crippen LogP contribution in [0.15, 0.2) is 18.3 Å². The van der Waals surface area contributed by atoms with Gasteiger partial charge in [0.05, 0.1) is 0 Å². The lowest BCUT2D eigenvalue weighted by Crippen LogP contribution is -2.16. The number of pyridine rings is 1. The van der Waals surface area contributed by atoms with Crippen molar-refractivity contribution in [3.8, 4) is 6.07 Å². The third-order valence-electron chi connectivity index (χ3n) is 2.45. The number of nitrogens with one attached hydrogen (secondary N) is 1. The van der Waals surface area contributed by atoms with Gasteiger partial charge in [0.1, 0.15) is 11.8 Å². The molecule has 1 aromatic rings. The number of nitrogens with zero attached hydrogens (tertiary/aromatic N) is 2. The molecular formula is C13H19N3. The van der Waals surface area contributed by atoms with E-state index in [1.54, 1.807) is 6.20 Å². The lowest BCUT2D eigenvalue weighted by atomic mass is 10.1. The van der Waals surface area contributed by atoms with E-state index < -0.39 is 0 Å². The Morgan fingerprint density at radius 2 is 2.31 bits per heavy atom. The second-order valence-electron chi connectivity index (χ2n) is 4.34. The molecule has 1 heterocycles. The van der Waals surface area contributed by atoms with Gasteiger partial charge in [-0.25, -0.2) is 4.98 Å². The van der Waals surface area contributed by atoms with Crippen LogP contribution in [0.2, 0.25) is 0 Å². The summed E-state index contributed by atoms with van der Waals surface area (Å²) < 4.78 is 0. The first-order chi connectivity index (χ1) is 7.74. The Morgan fingerprint density at radius 1 is 1.50 bits per heavy atom. The van der Waals surface area contributed by atoms with E-state index in [1.807, 2.05) is 12.1 Å². The van der Waals surface area contributed by atoms with Crippen molar-refractivity contribution in [1.29, 1.82) is 5.26 Å². The fourth-order valence-corrected chi connectivity index (χ4v) is 1.54. The Morgan fingerprint density at radius 3 is 3.00 bits per heavy atom. The Kier molecular flexibility index (Phi) is 5.52. The Hall–Kier alpha value is -1.40. The van der Waals surface area contributed by atoms with Crippen molar-refractivity contribution in [3.63, 3.8) is 0 Å². The summed E-state index contributed by atoms with van der Waals surface area (Å²) in [4.78, 5) is 4.02. The highest BCUT2D eigenvalue weighted by Crippen LogP contribution is 2.04. The highest BCUT2D eigenvalue weighted by atomic mass is 14.9. The summed E-state index contributed by atoms with van der Waals surface area (Å²) in [6.07, 6.45) is 4.08. The maximum atomic E-state index is 8.85. The van der Waals surface area contributed by atoms with Crippen LogP contribution >= 0.6 is 0 Å². The summed E-state index contributed by atoms with van der Waals surface area (Å²) in [6, 6.07) is 5.92. The fraction of sp³-hybridized carbons (Fsp3) is 0.538. The summed E-state index contributed by atoms with van der Waals surface area (Å²) >= 11 is 0. The molecule has 0 aliphatic carbocycles. The van der Waals surface area contributed by atoms with E-state index in [-0.39, 0.29) is 0 Å². The Balaban J connectivity index is 2.30. The van der Waals surface area contributed by atoms with Gasteiger partial charge in [0.25, 0.3) is 0 Å². The van der Waals surface area contributed by atoms with Crippen LogP contribution in [0.3, 0.4) is 0 Å². The second-order valence-corrected chi connectivity index (χ2v) is 4.34. The van der Waals surface area contributed by atoms with Crippen LogP contribution in [0.5, 0.6) is 0 Å². The SMILES string of the molecule is CC(C)CCCNCc1cccnc1C#N. The van der Waals surface area contributed by atoms with Crippen molar-refractivity contribution in [2.45, 2.75) is 33.2 Å². The number of nitriles is 1. The van der Waals surface area contributed by atoms with E-state index >= 15 is 0 Å². The maximum Gasteiger partial charge on any atom is 0.144 e. The molecule has 3 heteroatoms. The van der Waals surface area contributed by atoms with Crippen LogP contribution < -0.4 is 5.32 Å². The van der Waals surface area contributed by atoms with Gasteiger partial charge >= 0.3 is 0 Å². The topological polar surface area (TPSA) is 48.7 Å². The monoisotopic (exact) mass is 217 g/mol. The molecule has 0 radical (unpaired) electrons. The van der Waals surface area contributed by atoms with Crippen molar-refractivity contribution in [3.05, 3.63) is 29.6 Å². The van der Waals surface area contributed by atoms with Gasteiger partial charge in [-0.05, 0) is 31.4 Å². The van der Waals surface area contributed by atoms with E-state index in [1.165, 1.54) is 12.8 Å². The molecule has 1 aromatic heterocycles. The van der Waals surface area contributed by atoms with E-state index in [2.05, 4.69) is 30.2 Å². The van der Waals surface area contributed by atoms with Crippen molar-refractivity contribution in [2.24, 2.45) is 5.92 Å². The van der Waals surface area contributed by atoms with Gasteiger partial charge in [-0.3, -0.25) is 0 Å². The van der Waals surface area contributed by atoms with Crippen LogP contribution in [0.4, 0.5) is 0 Å². The molecule has 86 valence electrons. The van der Waals surface area contributed by atoms with Gasteiger partial charge in [-0.2, -0.15) is 5.26 Å². The van der Waals surface area contributed by atoms with E-state index in [4.69, 9.17) is 5.26 Å². The number of aromatic nitrogens is 1. The molecule has 3 nitrogen and oxygen atoms in total. The summed E-state index contributed by atoms with van der Waals surface area (Å²) in [5.41, 5.74) is 1.51. The van der Waals surface area contributed by atoms with Gasteiger partial charge in [0.2, 0.25) is 0 Å². The minimum absolute atomic E-state index is 0.527. The predicted molar refractivity (Wildman–Crippen MR) is 64.7 cm³/mol. The summed E-state index contributed by atoms with van der Waals surface area (Å²) in [5.74, 6) is 0.759. The zero-order valence-corrected chi connectivity index (χ0v) is 10.0. The van der Waals surface area contributed by atoms with Gasteiger partial charge in [0, 0.05) is 18.3 Å². The number of hydrogen-bond acceptors (Lipinski definition) is 3. The largest absolute Gasteiger partial charge is 0.313 e. The third kappa shape index (κ3) is 4.41. The molecule has 0 unspecified atom stereocenters. The molecular weight excluding hydrogens is 198 g/mol. The number of hydrogen-bond donors (Lipinski definition) is 1. The van der Waals surface area contributed by atoms with Gasteiger partial charge < -0.3 is 5.32 Å². The molecule has 0 fully saturated rings. The molecule has 0 atom stereocenters. The standard InChI is InChI=1S/C13H19N3/c1-11(2)5-3-7-15-10-12-6-4-8-16-13(12)9-14/h4,6,8,11,15H,3,5,7,10H2,1-2H3. The molecule has 0 saturated carbocycles. The van der Waals surface area contributed by atoms with Crippen LogP contribution in [0.25, 0.3) is 0 Å². The first-order valence-corrected chi connectivity index (χ1v) is 5.78. The van der Waals surface area contributed by atoms with Crippen molar-refractivity contribution in [2.75, 3.05) is 6.54 Å². The van der Waals surface area contributed by atoms with Gasteiger partial charge in [-0.1, -0.05) is 19.9 Å². The fourth-order valence-electron chi connectivity index (χ4n) is 1.54. The molecule has 0 saturated heterocycles. The smallest absolute Gasteiger partial charge is 0.144 e. The summed E-state index contributed by atoms with van der Waals surface area (Å²) in [5, 5.41) is 12.2. The van der Waals surface area contributed by atoms with Gasteiger partial charge in [-0.15, -0.1) is 0 Å². The molecule has 1 N–H and O–H groups in total. The Labute approximate surface area is 97.5 Å². The third-order valence-corrected chi connectivity index (χ3v) is 2.45. The number of rotatable bonds is 6. The Bertz CT molecular complexity index is 352. The highest BCUT2D eigenvalue weighted by Gasteiger charge is 2.01. The van der Waals surface area contributed by atoms with Crippen LogP contribution in [-0.4, -0.2) is 11.5 Å². The molecule has 1 rings (SSSR count). The first-order valence-electron chi connectivity index (χ1n) is 5.78. The van der Waals surface area contributed by atoms with Crippen molar-refractivity contribution >= 4 is 0 Å². The molecule has 0 bridgehead atoms.